The van der Waals surface area contributed by atoms with Gasteiger partial charge in [0.05, 0.1) is 10.8 Å². The van der Waals surface area contributed by atoms with Gasteiger partial charge in [0.1, 0.15) is 0 Å². The molecule has 2 saturated heterocycles. The molecule has 0 N–H and O–H groups in total. The normalized spacial score (nSPS) is 19.9. The zero-order valence-corrected chi connectivity index (χ0v) is 16.4. The number of piperazine rings is 1. The molecule has 2 fully saturated rings. The van der Waals surface area contributed by atoms with Gasteiger partial charge >= 0.3 is 0 Å². The van der Waals surface area contributed by atoms with E-state index < -0.39 is 0 Å². The van der Waals surface area contributed by atoms with Crippen molar-refractivity contribution in [3.63, 3.8) is 0 Å². The summed E-state index contributed by atoms with van der Waals surface area (Å²) < 4.78 is 0. The fraction of sp³-hybridized carbons (Fsp3) is 0.381. The number of likely N-dealkylation sites (tertiary alicyclic amines) is 1. The van der Waals surface area contributed by atoms with Crippen molar-refractivity contribution < 1.29 is 14.4 Å². The van der Waals surface area contributed by atoms with Crippen molar-refractivity contribution >= 4 is 29.1 Å². The number of thiophene rings is 1. The first-order valence-corrected chi connectivity index (χ1v) is 10.4. The van der Waals surface area contributed by atoms with Crippen LogP contribution in [0.5, 0.6) is 0 Å². The predicted molar refractivity (Wildman–Crippen MR) is 107 cm³/mol. The number of hydrogen-bond donors (Lipinski definition) is 0. The summed E-state index contributed by atoms with van der Waals surface area (Å²) in [6.45, 7) is 3.15. The maximum absolute atomic E-state index is 12.9. The molecule has 0 spiro atoms. The molecule has 1 atom stereocenters. The van der Waals surface area contributed by atoms with Gasteiger partial charge in [0.25, 0.3) is 5.91 Å². The third kappa shape index (κ3) is 3.94. The van der Waals surface area contributed by atoms with E-state index in [2.05, 4.69) is 0 Å². The molecule has 7 heteroatoms. The van der Waals surface area contributed by atoms with Gasteiger partial charge in [0.15, 0.2) is 0 Å². The highest BCUT2D eigenvalue weighted by Crippen LogP contribution is 2.23. The molecule has 1 aromatic carbocycles. The summed E-state index contributed by atoms with van der Waals surface area (Å²) in [5, 5.41) is 1.89. The molecule has 2 aliphatic rings. The van der Waals surface area contributed by atoms with Crippen LogP contribution in [-0.4, -0.2) is 65.1 Å². The fourth-order valence-corrected chi connectivity index (χ4v) is 4.53. The molecular weight excluding hydrogens is 374 g/mol. The van der Waals surface area contributed by atoms with Crippen molar-refractivity contribution in [1.82, 2.24) is 14.7 Å². The van der Waals surface area contributed by atoms with E-state index in [1.165, 1.54) is 11.3 Å². The van der Waals surface area contributed by atoms with Crippen molar-refractivity contribution in [1.29, 1.82) is 0 Å². The Labute approximate surface area is 168 Å². The zero-order chi connectivity index (χ0) is 19.5. The minimum atomic E-state index is -0.282. The van der Waals surface area contributed by atoms with E-state index in [4.69, 9.17) is 0 Å². The summed E-state index contributed by atoms with van der Waals surface area (Å²) in [5.41, 5.74) is 1.07. The van der Waals surface area contributed by atoms with Gasteiger partial charge in [0, 0.05) is 45.7 Å². The Kier molecular flexibility index (Phi) is 5.43. The first-order valence-electron chi connectivity index (χ1n) is 9.55. The standard InChI is InChI=1S/C21H23N3O3S/c25-19-13-17(15-24(19)14-16-5-2-1-3-6-16)20(26)22-8-10-23(11-9-22)21(27)18-7-4-12-28-18/h1-7,12,17H,8-11,13-15H2. The van der Waals surface area contributed by atoms with Crippen LogP contribution in [0.2, 0.25) is 0 Å². The molecule has 28 heavy (non-hydrogen) atoms. The second-order valence-corrected chi connectivity index (χ2v) is 8.20. The molecule has 3 amide bonds. The van der Waals surface area contributed by atoms with Crippen molar-refractivity contribution in [2.24, 2.45) is 5.92 Å². The van der Waals surface area contributed by atoms with Gasteiger partial charge in [0.2, 0.25) is 11.8 Å². The lowest BCUT2D eigenvalue weighted by atomic mass is 10.1. The SMILES string of the molecule is O=C1CC(C(=O)N2CCN(C(=O)c3cccs3)CC2)CN1Cc1ccccc1. The third-order valence-corrected chi connectivity index (χ3v) is 6.25. The van der Waals surface area contributed by atoms with Crippen LogP contribution in [0.3, 0.4) is 0 Å². The highest BCUT2D eigenvalue weighted by molar-refractivity contribution is 7.12. The average Bonchev–Trinajstić information content (AvgIpc) is 3.38. The van der Waals surface area contributed by atoms with Gasteiger partial charge in [-0.05, 0) is 17.0 Å². The minimum Gasteiger partial charge on any atom is -0.339 e. The van der Waals surface area contributed by atoms with Crippen LogP contribution in [0.1, 0.15) is 21.7 Å². The molecule has 0 bridgehead atoms. The number of carbonyl (C=O) groups excluding carboxylic acids is 3. The van der Waals surface area contributed by atoms with Gasteiger partial charge in [-0.1, -0.05) is 36.4 Å². The number of carbonyl (C=O) groups is 3. The topological polar surface area (TPSA) is 60.9 Å². The van der Waals surface area contributed by atoms with E-state index in [-0.39, 0.29) is 30.1 Å². The second kappa shape index (κ2) is 8.14. The van der Waals surface area contributed by atoms with Gasteiger partial charge in [-0.25, -0.2) is 0 Å². The van der Waals surface area contributed by atoms with Gasteiger partial charge in [-0.3, -0.25) is 14.4 Å². The largest absolute Gasteiger partial charge is 0.339 e. The van der Waals surface area contributed by atoms with Gasteiger partial charge in [-0.2, -0.15) is 0 Å². The van der Waals surface area contributed by atoms with Crippen molar-refractivity contribution in [2.45, 2.75) is 13.0 Å². The van der Waals surface area contributed by atoms with E-state index in [1.54, 1.807) is 9.80 Å². The molecule has 0 aliphatic carbocycles. The van der Waals surface area contributed by atoms with Crippen LogP contribution < -0.4 is 0 Å². The Bertz CT molecular complexity index is 845. The lowest BCUT2D eigenvalue weighted by Gasteiger charge is -2.35. The number of nitrogens with zero attached hydrogens (tertiary/aromatic N) is 3. The van der Waals surface area contributed by atoms with Crippen LogP contribution in [0.25, 0.3) is 0 Å². The summed E-state index contributed by atoms with van der Waals surface area (Å²) in [6, 6.07) is 13.5. The van der Waals surface area contributed by atoms with Crippen molar-refractivity contribution in [2.75, 3.05) is 32.7 Å². The number of rotatable bonds is 4. The molecule has 146 valence electrons. The Hall–Kier alpha value is -2.67. The Morgan fingerprint density at radius 1 is 0.964 bits per heavy atom. The first kappa shape index (κ1) is 18.7. The molecule has 4 rings (SSSR count). The molecule has 2 aromatic rings. The van der Waals surface area contributed by atoms with Crippen LogP contribution in [0, 0.1) is 5.92 Å². The lowest BCUT2D eigenvalue weighted by Crippen LogP contribution is -2.52. The van der Waals surface area contributed by atoms with Gasteiger partial charge in [-0.15, -0.1) is 11.3 Å². The van der Waals surface area contributed by atoms with Crippen LogP contribution in [0.4, 0.5) is 0 Å². The molecule has 0 radical (unpaired) electrons. The summed E-state index contributed by atoms with van der Waals surface area (Å²) in [7, 11) is 0. The first-order chi connectivity index (χ1) is 13.6. The number of hydrogen-bond acceptors (Lipinski definition) is 4. The van der Waals surface area contributed by atoms with E-state index in [0.717, 1.165) is 10.4 Å². The zero-order valence-electron chi connectivity index (χ0n) is 15.6. The summed E-state index contributed by atoms with van der Waals surface area (Å²) >= 11 is 1.44. The monoisotopic (exact) mass is 397 g/mol. The highest BCUT2D eigenvalue weighted by Gasteiger charge is 2.37. The highest BCUT2D eigenvalue weighted by atomic mass is 32.1. The average molecular weight is 398 g/mol. The number of amides is 3. The molecule has 1 unspecified atom stereocenters. The Morgan fingerprint density at radius 3 is 2.36 bits per heavy atom. The third-order valence-electron chi connectivity index (χ3n) is 5.39. The van der Waals surface area contributed by atoms with Crippen molar-refractivity contribution in [3.8, 4) is 0 Å². The second-order valence-electron chi connectivity index (χ2n) is 7.26. The molecule has 0 saturated carbocycles. The lowest BCUT2D eigenvalue weighted by molar-refractivity contribution is -0.137. The van der Waals surface area contributed by atoms with Gasteiger partial charge < -0.3 is 14.7 Å². The molecule has 1 aromatic heterocycles. The summed E-state index contributed by atoms with van der Waals surface area (Å²) in [5.74, 6) is -0.177. The smallest absolute Gasteiger partial charge is 0.264 e. The summed E-state index contributed by atoms with van der Waals surface area (Å²) in [6.07, 6.45) is 0.278. The Balaban J connectivity index is 1.31. The van der Waals surface area contributed by atoms with Crippen molar-refractivity contribution in [3.05, 3.63) is 58.3 Å². The van der Waals surface area contributed by atoms with E-state index in [1.807, 2.05) is 52.7 Å². The predicted octanol–water partition coefficient (Wildman–Crippen LogP) is 2.08. The molecule has 6 nitrogen and oxygen atoms in total. The van der Waals surface area contributed by atoms with E-state index in [9.17, 15) is 14.4 Å². The maximum Gasteiger partial charge on any atom is 0.264 e. The van der Waals surface area contributed by atoms with E-state index >= 15 is 0 Å². The van der Waals surface area contributed by atoms with Crippen LogP contribution >= 0.6 is 11.3 Å². The van der Waals surface area contributed by atoms with E-state index in [0.29, 0.717) is 39.3 Å². The molecule has 2 aliphatic heterocycles. The maximum atomic E-state index is 12.9. The minimum absolute atomic E-state index is 0.0344. The molecule has 3 heterocycles. The van der Waals surface area contributed by atoms with Crippen LogP contribution in [-0.2, 0) is 16.1 Å². The Morgan fingerprint density at radius 2 is 1.68 bits per heavy atom. The fourth-order valence-electron chi connectivity index (χ4n) is 3.84. The molecular formula is C21H23N3O3S. The quantitative estimate of drug-likeness (QED) is 0.794. The van der Waals surface area contributed by atoms with Crippen LogP contribution in [0.15, 0.2) is 47.8 Å². The summed E-state index contributed by atoms with van der Waals surface area (Å²) in [4.78, 5) is 43.8. The number of benzene rings is 1.